The Morgan fingerprint density at radius 2 is 2.03 bits per heavy atom. The number of halogens is 2. The summed E-state index contributed by atoms with van der Waals surface area (Å²) in [7, 11) is 3.88. The monoisotopic (exact) mass is 489 g/mol. The fourth-order valence-corrected chi connectivity index (χ4v) is 4.92. The van der Waals surface area contributed by atoms with Crippen LogP contribution in [0, 0.1) is 11.6 Å². The first-order valence-electron chi connectivity index (χ1n) is 10.8. The van der Waals surface area contributed by atoms with Crippen LogP contribution in [0.15, 0.2) is 41.7 Å². The highest BCUT2D eigenvalue weighted by atomic mass is 32.2. The van der Waals surface area contributed by atoms with Crippen LogP contribution in [0.5, 0.6) is 0 Å². The van der Waals surface area contributed by atoms with Gasteiger partial charge in [-0.25, -0.2) is 8.78 Å². The summed E-state index contributed by atoms with van der Waals surface area (Å²) < 4.78 is 33.9. The molecule has 1 aromatic carbocycles. The van der Waals surface area contributed by atoms with E-state index >= 15 is 0 Å². The van der Waals surface area contributed by atoms with Crippen molar-refractivity contribution in [3.05, 3.63) is 59.4 Å². The topological polar surface area (TPSA) is 87.1 Å². The van der Waals surface area contributed by atoms with E-state index in [0.29, 0.717) is 31.8 Å². The second-order valence-corrected chi connectivity index (χ2v) is 9.28. The lowest BCUT2D eigenvalue weighted by Gasteiger charge is -2.34. The first kappa shape index (κ1) is 24.2. The number of hydrogen-bond donors (Lipinski definition) is 1. The maximum atomic E-state index is 14.1. The van der Waals surface area contributed by atoms with Crippen molar-refractivity contribution in [2.75, 3.05) is 51.4 Å². The maximum absolute atomic E-state index is 14.1. The van der Waals surface area contributed by atoms with Crippen molar-refractivity contribution in [1.29, 1.82) is 0 Å². The Morgan fingerprint density at radius 1 is 1.26 bits per heavy atom. The zero-order valence-corrected chi connectivity index (χ0v) is 19.6. The summed E-state index contributed by atoms with van der Waals surface area (Å²) in [4.78, 5) is 38.1. The third kappa shape index (κ3) is 5.43. The Kier molecular flexibility index (Phi) is 7.54. The molecule has 0 aliphatic carbocycles. The Balaban J connectivity index is 1.48. The molecule has 0 radical (unpaired) electrons. The van der Waals surface area contributed by atoms with Crippen LogP contribution in [0.3, 0.4) is 0 Å². The molecular weight excluding hydrogens is 464 g/mol. The molecule has 8 nitrogen and oxygen atoms in total. The molecule has 2 atom stereocenters. The van der Waals surface area contributed by atoms with Gasteiger partial charge in [0.2, 0.25) is 5.91 Å². The number of carbonyl (C=O) groups is 2. The highest BCUT2D eigenvalue weighted by Gasteiger charge is 2.31. The lowest BCUT2D eigenvalue weighted by Crippen LogP contribution is -2.48. The van der Waals surface area contributed by atoms with Crippen LogP contribution in [0.25, 0.3) is 0 Å². The standard InChI is InChI=1S/C23H25F2N5O3S/c1-29(2)11-14-12-30(8-9-33-14)23(32)15-6-7-26-10-18(15)27-21(31)19-13-34-22(28-19)20-16(24)4-3-5-17(20)25/h3-7,10,14,19H,8-9,11-13H2,1-2H3,(H,27,31). The van der Waals surface area contributed by atoms with Crippen LogP contribution in [0.2, 0.25) is 0 Å². The molecule has 2 aromatic rings. The molecule has 1 N–H and O–H groups in total. The number of nitrogens with zero attached hydrogens (tertiary/aromatic N) is 4. The molecule has 2 unspecified atom stereocenters. The molecule has 1 aromatic heterocycles. The van der Waals surface area contributed by atoms with E-state index < -0.39 is 23.6 Å². The third-order valence-electron chi connectivity index (χ3n) is 5.43. The first-order valence-corrected chi connectivity index (χ1v) is 11.8. The van der Waals surface area contributed by atoms with Crippen molar-refractivity contribution in [3.63, 3.8) is 0 Å². The molecule has 2 amide bonds. The number of rotatable bonds is 6. The van der Waals surface area contributed by atoms with E-state index in [1.54, 1.807) is 11.0 Å². The zero-order valence-electron chi connectivity index (χ0n) is 18.8. The number of nitrogens with one attached hydrogen (secondary N) is 1. The maximum Gasteiger partial charge on any atom is 0.256 e. The summed E-state index contributed by atoms with van der Waals surface area (Å²) in [6.45, 7) is 2.00. The average molecular weight is 490 g/mol. The van der Waals surface area contributed by atoms with E-state index in [0.717, 1.165) is 23.9 Å². The summed E-state index contributed by atoms with van der Waals surface area (Å²) in [5.41, 5.74) is 0.336. The predicted molar refractivity (Wildman–Crippen MR) is 126 cm³/mol. The largest absolute Gasteiger partial charge is 0.373 e. The van der Waals surface area contributed by atoms with Gasteiger partial charge in [-0.3, -0.25) is 19.6 Å². The van der Waals surface area contributed by atoms with E-state index in [9.17, 15) is 18.4 Å². The molecule has 3 heterocycles. The van der Waals surface area contributed by atoms with Gasteiger partial charge in [0.05, 0.1) is 35.7 Å². The fourth-order valence-electron chi connectivity index (χ4n) is 3.84. The van der Waals surface area contributed by atoms with Gasteiger partial charge in [-0.1, -0.05) is 6.07 Å². The number of ether oxygens (including phenoxy) is 1. The van der Waals surface area contributed by atoms with Crippen molar-refractivity contribution in [1.82, 2.24) is 14.8 Å². The lowest BCUT2D eigenvalue weighted by atomic mass is 10.1. The summed E-state index contributed by atoms with van der Waals surface area (Å²) in [5.74, 6) is -1.94. The van der Waals surface area contributed by atoms with Gasteiger partial charge in [-0.05, 0) is 32.3 Å². The minimum absolute atomic E-state index is 0.102. The quantitative estimate of drug-likeness (QED) is 0.670. The number of anilines is 1. The number of pyridine rings is 1. The van der Waals surface area contributed by atoms with Crippen molar-refractivity contribution >= 4 is 34.3 Å². The summed E-state index contributed by atoms with van der Waals surface area (Å²) in [6, 6.07) is 4.28. The molecule has 11 heteroatoms. The SMILES string of the molecule is CN(C)CC1CN(C(=O)c2ccncc2NC(=O)C2CSC(c3c(F)cccc3F)=N2)CCO1. The molecule has 0 spiro atoms. The molecule has 180 valence electrons. The number of benzene rings is 1. The van der Waals surface area contributed by atoms with Crippen LogP contribution in [-0.4, -0.2) is 89.9 Å². The lowest BCUT2D eigenvalue weighted by molar-refractivity contribution is -0.116. The smallest absolute Gasteiger partial charge is 0.256 e. The number of morpholine rings is 1. The molecule has 0 bridgehead atoms. The molecule has 2 aliphatic rings. The van der Waals surface area contributed by atoms with Crippen molar-refractivity contribution in [2.24, 2.45) is 4.99 Å². The van der Waals surface area contributed by atoms with Gasteiger partial charge in [-0.15, -0.1) is 11.8 Å². The summed E-state index contributed by atoms with van der Waals surface area (Å²) >= 11 is 1.11. The molecule has 1 fully saturated rings. The van der Waals surface area contributed by atoms with Gasteiger partial charge >= 0.3 is 0 Å². The van der Waals surface area contributed by atoms with E-state index in [1.165, 1.54) is 18.5 Å². The predicted octanol–water partition coefficient (Wildman–Crippen LogP) is 2.26. The number of likely N-dealkylation sites (N-methyl/N-ethyl adjacent to an activating group) is 1. The molecule has 1 saturated heterocycles. The van der Waals surface area contributed by atoms with Gasteiger partial charge in [0.1, 0.15) is 22.7 Å². The van der Waals surface area contributed by atoms with Crippen LogP contribution in [0.1, 0.15) is 15.9 Å². The van der Waals surface area contributed by atoms with E-state index in [4.69, 9.17) is 4.74 Å². The molecule has 0 saturated carbocycles. The Labute approximate surface area is 200 Å². The van der Waals surface area contributed by atoms with Gasteiger partial charge in [0, 0.05) is 31.6 Å². The molecule has 4 rings (SSSR count). The Morgan fingerprint density at radius 3 is 2.76 bits per heavy atom. The van der Waals surface area contributed by atoms with Gasteiger partial charge in [-0.2, -0.15) is 0 Å². The van der Waals surface area contributed by atoms with Crippen LogP contribution >= 0.6 is 11.8 Å². The number of aliphatic imine (C=N–C) groups is 1. The second-order valence-electron chi connectivity index (χ2n) is 8.27. The van der Waals surface area contributed by atoms with Crippen LogP contribution in [0.4, 0.5) is 14.5 Å². The number of aromatic nitrogens is 1. The minimum atomic E-state index is -0.852. The second kappa shape index (κ2) is 10.6. The molecule has 2 aliphatic heterocycles. The van der Waals surface area contributed by atoms with E-state index in [1.807, 2.05) is 19.0 Å². The third-order valence-corrected chi connectivity index (χ3v) is 6.50. The average Bonchev–Trinajstić information content (AvgIpc) is 3.28. The van der Waals surface area contributed by atoms with Crippen LogP contribution < -0.4 is 5.32 Å². The van der Waals surface area contributed by atoms with Crippen LogP contribution in [-0.2, 0) is 9.53 Å². The number of thioether (sulfide) groups is 1. The number of carbonyl (C=O) groups excluding carboxylic acids is 2. The van der Waals surface area contributed by atoms with E-state index in [2.05, 4.69) is 15.3 Å². The number of hydrogen-bond acceptors (Lipinski definition) is 7. The first-order chi connectivity index (χ1) is 16.3. The highest BCUT2D eigenvalue weighted by Crippen LogP contribution is 2.28. The van der Waals surface area contributed by atoms with Crippen molar-refractivity contribution in [3.8, 4) is 0 Å². The van der Waals surface area contributed by atoms with Gasteiger partial charge in [0.25, 0.3) is 5.91 Å². The molecule has 34 heavy (non-hydrogen) atoms. The van der Waals surface area contributed by atoms with Gasteiger partial charge < -0.3 is 19.9 Å². The zero-order chi connectivity index (χ0) is 24.2. The highest BCUT2D eigenvalue weighted by molar-refractivity contribution is 8.14. The Bertz CT molecular complexity index is 1090. The number of amides is 2. The fraction of sp³-hybridized carbons (Fsp3) is 0.391. The summed E-state index contributed by atoms with van der Waals surface area (Å²) in [5, 5.41) is 2.86. The normalized spacial score (nSPS) is 20.4. The minimum Gasteiger partial charge on any atom is -0.373 e. The summed E-state index contributed by atoms with van der Waals surface area (Å²) in [6.07, 6.45) is 2.80. The van der Waals surface area contributed by atoms with E-state index in [-0.39, 0.29) is 34.1 Å². The molecular formula is C23H25F2N5O3S. The van der Waals surface area contributed by atoms with Crippen molar-refractivity contribution in [2.45, 2.75) is 12.1 Å². The van der Waals surface area contributed by atoms with Crippen molar-refractivity contribution < 1.29 is 23.1 Å². The Hall–Kier alpha value is -2.89. The van der Waals surface area contributed by atoms with Gasteiger partial charge in [0.15, 0.2) is 0 Å².